The Balaban J connectivity index is 1.98. The van der Waals surface area contributed by atoms with E-state index in [0.29, 0.717) is 31.8 Å². The molecule has 1 unspecified atom stereocenters. The lowest BCUT2D eigenvalue weighted by Crippen LogP contribution is -2.42. The van der Waals surface area contributed by atoms with Gasteiger partial charge in [-0.15, -0.1) is 4.99 Å². The Hall–Kier alpha value is -3.45. The first-order chi connectivity index (χ1) is 16.4. The monoisotopic (exact) mass is 484 g/mol. The molecule has 2 N–H and O–H groups in total. The largest absolute Gasteiger partial charge is 0.359 e. The number of guanidine groups is 1. The van der Waals surface area contributed by atoms with Crippen molar-refractivity contribution in [3.05, 3.63) is 71.3 Å². The van der Waals surface area contributed by atoms with Crippen molar-refractivity contribution in [3.63, 3.8) is 0 Å². The number of rotatable bonds is 8. The Morgan fingerprint density at radius 1 is 1.26 bits per heavy atom. The highest BCUT2D eigenvalue weighted by Crippen LogP contribution is 2.50. The molecule has 1 amide bonds. The zero-order valence-electron chi connectivity index (χ0n) is 19.0. The molecule has 3 rings (SSSR count). The summed E-state index contributed by atoms with van der Waals surface area (Å²) in [5.74, 6) is -1.04. The molecular formula is C24H26F2N6OS. The predicted molar refractivity (Wildman–Crippen MR) is 130 cm³/mol. The zero-order chi connectivity index (χ0) is 24.6. The molecule has 0 saturated carbocycles. The molecule has 1 aliphatic rings. The number of hydrazone groups is 1. The van der Waals surface area contributed by atoms with Gasteiger partial charge < -0.3 is 10.6 Å². The fraction of sp³-hybridized carbons (Fsp3) is 0.333. The molecule has 0 spiro atoms. The van der Waals surface area contributed by atoms with Crippen molar-refractivity contribution in [2.75, 3.05) is 13.6 Å². The summed E-state index contributed by atoms with van der Waals surface area (Å²) in [5, 5.41) is 20.8. The van der Waals surface area contributed by atoms with Crippen LogP contribution in [0.5, 0.6) is 0 Å². The van der Waals surface area contributed by atoms with E-state index in [4.69, 9.17) is 5.26 Å². The topological polar surface area (TPSA) is 92.9 Å². The lowest BCUT2D eigenvalue weighted by Gasteiger charge is -2.36. The smallest absolute Gasteiger partial charge is 0.244 e. The average molecular weight is 485 g/mol. The van der Waals surface area contributed by atoms with E-state index in [2.05, 4.69) is 20.7 Å². The third-order valence-corrected chi connectivity index (χ3v) is 6.71. The molecule has 0 bridgehead atoms. The lowest BCUT2D eigenvalue weighted by atomic mass is 9.99. The maximum Gasteiger partial charge on any atom is 0.244 e. The van der Waals surface area contributed by atoms with Crippen molar-refractivity contribution < 1.29 is 13.6 Å². The minimum absolute atomic E-state index is 0.0221. The van der Waals surface area contributed by atoms with E-state index in [1.54, 1.807) is 13.2 Å². The van der Waals surface area contributed by atoms with E-state index < -0.39 is 16.5 Å². The van der Waals surface area contributed by atoms with E-state index >= 15 is 0 Å². The van der Waals surface area contributed by atoms with E-state index in [9.17, 15) is 13.6 Å². The number of carbonyl (C=O) groups excluding carboxylic acids is 1. The molecule has 0 fully saturated rings. The van der Waals surface area contributed by atoms with Gasteiger partial charge in [0.15, 0.2) is 0 Å². The first-order valence-electron chi connectivity index (χ1n) is 10.9. The minimum atomic E-state index is -0.935. The molecule has 1 atom stereocenters. The molecular weight excluding hydrogens is 458 g/mol. The number of carbonyl (C=O) groups is 1. The highest BCUT2D eigenvalue weighted by Gasteiger charge is 2.48. The Kier molecular flexibility index (Phi) is 8.60. The van der Waals surface area contributed by atoms with E-state index in [-0.39, 0.29) is 22.9 Å². The number of hydrogen-bond donors (Lipinski definition) is 2. The summed E-state index contributed by atoms with van der Waals surface area (Å²) < 4.78 is 28.6. The second kappa shape index (κ2) is 11.6. The van der Waals surface area contributed by atoms with Gasteiger partial charge in [-0.25, -0.2) is 13.8 Å². The molecule has 0 radical (unpaired) electrons. The van der Waals surface area contributed by atoms with Crippen LogP contribution in [-0.4, -0.2) is 35.5 Å². The summed E-state index contributed by atoms with van der Waals surface area (Å²) in [5.41, 5.74) is 0.855. The number of benzene rings is 2. The van der Waals surface area contributed by atoms with Gasteiger partial charge in [-0.05, 0) is 43.0 Å². The van der Waals surface area contributed by atoms with Crippen LogP contribution in [0.4, 0.5) is 8.78 Å². The number of thioether (sulfide) groups is 1. The molecule has 1 aliphatic heterocycles. The summed E-state index contributed by atoms with van der Waals surface area (Å²) in [6.45, 7) is 2.37. The third kappa shape index (κ3) is 5.54. The van der Waals surface area contributed by atoms with E-state index in [1.165, 1.54) is 16.8 Å². The summed E-state index contributed by atoms with van der Waals surface area (Å²) in [6.07, 6.45) is 3.68. The standard InChI is InChI=1S/C24H26F2N6OS/c1-3-8-21(33)32-24(17-9-5-4-6-10-17,13-7-14-29-23(28-2)30-16-27)34-22(31-32)19-15-18(25)11-12-20(19)26/h4-6,9-12,15H,3,7-8,13-14H2,1-2H3,(H2,28,29,30). The molecule has 0 saturated heterocycles. The molecule has 0 aliphatic carbocycles. The number of aliphatic imine (C=N–C) groups is 1. The molecule has 34 heavy (non-hydrogen) atoms. The van der Waals surface area contributed by atoms with Gasteiger partial charge in [0.25, 0.3) is 0 Å². The van der Waals surface area contributed by atoms with Crippen molar-refractivity contribution in [3.8, 4) is 6.19 Å². The third-order valence-electron chi connectivity index (χ3n) is 5.27. The molecule has 7 nitrogen and oxygen atoms in total. The van der Waals surface area contributed by atoms with Gasteiger partial charge in [0.2, 0.25) is 18.1 Å². The van der Waals surface area contributed by atoms with Crippen LogP contribution in [0, 0.1) is 23.1 Å². The molecule has 10 heteroatoms. The van der Waals surface area contributed by atoms with Crippen LogP contribution in [0.15, 0.2) is 58.6 Å². The summed E-state index contributed by atoms with van der Waals surface area (Å²) >= 11 is 1.25. The first-order valence-corrected chi connectivity index (χ1v) is 11.8. The van der Waals surface area contributed by atoms with Crippen LogP contribution in [0.3, 0.4) is 0 Å². The van der Waals surface area contributed by atoms with Crippen molar-refractivity contribution in [1.29, 1.82) is 5.26 Å². The normalized spacial score (nSPS) is 17.8. The van der Waals surface area contributed by atoms with Crippen LogP contribution in [0.25, 0.3) is 0 Å². The Morgan fingerprint density at radius 2 is 2.03 bits per heavy atom. The highest BCUT2D eigenvalue weighted by molar-refractivity contribution is 8.15. The SMILES string of the molecule is CCCC(=O)N1N=C(c2cc(F)ccc2F)SC1(CCCN/C(=N\C#N)NC)c1ccccc1. The van der Waals surface area contributed by atoms with Crippen molar-refractivity contribution in [2.24, 2.45) is 10.1 Å². The van der Waals surface area contributed by atoms with Gasteiger partial charge in [0.05, 0.1) is 0 Å². The number of amides is 1. The second-order valence-electron chi connectivity index (χ2n) is 7.58. The van der Waals surface area contributed by atoms with Crippen LogP contribution in [0.1, 0.15) is 43.7 Å². The molecule has 1 heterocycles. The minimum Gasteiger partial charge on any atom is -0.359 e. The Bertz CT molecular complexity index is 1120. The molecule has 0 aromatic heterocycles. The number of hydrogen-bond acceptors (Lipinski definition) is 5. The van der Waals surface area contributed by atoms with Crippen LogP contribution in [-0.2, 0) is 9.67 Å². The maximum atomic E-state index is 14.6. The summed E-state index contributed by atoms with van der Waals surface area (Å²) in [6, 6.07) is 12.7. The highest BCUT2D eigenvalue weighted by atomic mass is 32.2. The van der Waals surface area contributed by atoms with E-state index in [0.717, 1.165) is 23.8 Å². The van der Waals surface area contributed by atoms with Gasteiger partial charge in [-0.1, -0.05) is 49.0 Å². The van der Waals surface area contributed by atoms with Crippen molar-refractivity contribution >= 4 is 28.7 Å². The van der Waals surface area contributed by atoms with Crippen molar-refractivity contribution in [1.82, 2.24) is 15.6 Å². The van der Waals surface area contributed by atoms with Crippen LogP contribution in [0.2, 0.25) is 0 Å². The number of nitrogens with zero attached hydrogens (tertiary/aromatic N) is 4. The quantitative estimate of drug-likeness (QED) is 0.253. The van der Waals surface area contributed by atoms with Gasteiger partial charge in [0, 0.05) is 25.6 Å². The summed E-state index contributed by atoms with van der Waals surface area (Å²) in [7, 11) is 1.65. The first kappa shape index (κ1) is 25.2. The van der Waals surface area contributed by atoms with Crippen LogP contribution < -0.4 is 10.6 Å². The number of nitrogens with one attached hydrogen (secondary N) is 2. The van der Waals surface area contributed by atoms with Crippen LogP contribution >= 0.6 is 11.8 Å². The fourth-order valence-corrected chi connectivity index (χ4v) is 5.13. The number of nitriles is 1. The van der Waals surface area contributed by atoms with Gasteiger partial charge in [-0.3, -0.25) is 4.79 Å². The van der Waals surface area contributed by atoms with Crippen molar-refractivity contribution in [2.45, 2.75) is 37.5 Å². The number of halogens is 2. The molecule has 2 aromatic rings. The maximum absolute atomic E-state index is 14.6. The Morgan fingerprint density at radius 3 is 2.71 bits per heavy atom. The fourth-order valence-electron chi connectivity index (χ4n) is 3.69. The van der Waals surface area contributed by atoms with E-state index in [1.807, 2.05) is 37.3 Å². The Labute approximate surface area is 201 Å². The molecule has 178 valence electrons. The second-order valence-corrected chi connectivity index (χ2v) is 8.84. The zero-order valence-corrected chi connectivity index (χ0v) is 19.8. The lowest BCUT2D eigenvalue weighted by molar-refractivity contribution is -0.134. The average Bonchev–Trinajstić information content (AvgIpc) is 3.24. The van der Waals surface area contributed by atoms with Gasteiger partial charge in [0.1, 0.15) is 21.5 Å². The predicted octanol–water partition coefficient (Wildman–Crippen LogP) is 4.28. The van der Waals surface area contributed by atoms with Gasteiger partial charge >= 0.3 is 0 Å². The van der Waals surface area contributed by atoms with Gasteiger partial charge in [-0.2, -0.15) is 10.4 Å². The summed E-state index contributed by atoms with van der Waals surface area (Å²) in [4.78, 5) is 15.9. The molecule has 2 aromatic carbocycles.